The Morgan fingerprint density at radius 2 is 2.07 bits per heavy atom. The van der Waals surface area contributed by atoms with Gasteiger partial charge in [-0.1, -0.05) is 13.8 Å². The van der Waals surface area contributed by atoms with Crippen LogP contribution in [-0.2, 0) is 12.0 Å². The molecule has 1 aliphatic heterocycles. The predicted molar refractivity (Wildman–Crippen MR) is 111 cm³/mol. The summed E-state index contributed by atoms with van der Waals surface area (Å²) in [4.78, 5) is 13.0. The second kappa shape index (κ2) is 7.49. The van der Waals surface area contributed by atoms with Crippen molar-refractivity contribution in [3.8, 4) is 11.5 Å². The number of carbonyl (C=O) groups is 1. The van der Waals surface area contributed by atoms with Gasteiger partial charge in [-0.05, 0) is 52.7 Å². The molecule has 3 rings (SSSR count). The molecule has 1 unspecified atom stereocenters. The van der Waals surface area contributed by atoms with E-state index >= 15 is 0 Å². The summed E-state index contributed by atoms with van der Waals surface area (Å²) in [5, 5.41) is 7.56. The maximum absolute atomic E-state index is 13.0. The molecule has 2 aromatic rings. The average molecular weight is 386 g/mol. The molecule has 1 aliphatic rings. The minimum Gasteiger partial charge on any atom is -0.492 e. The SMILES string of the molecule is CCOc1cc2c(cc1NC(=O)c1cc(C(C)C)n(C(C)(C)C)n1)OC(C)C2. The molecule has 1 amide bonds. The van der Waals surface area contributed by atoms with Crippen LogP contribution in [0, 0.1) is 0 Å². The molecule has 0 aliphatic carbocycles. The molecule has 1 aromatic heterocycles. The summed E-state index contributed by atoms with van der Waals surface area (Å²) in [6.45, 7) is 14.9. The second-order valence-corrected chi connectivity index (χ2v) is 8.67. The normalized spacial score (nSPS) is 16.1. The van der Waals surface area contributed by atoms with Gasteiger partial charge >= 0.3 is 0 Å². The molecule has 0 spiro atoms. The fourth-order valence-corrected chi connectivity index (χ4v) is 3.45. The summed E-state index contributed by atoms with van der Waals surface area (Å²) in [7, 11) is 0. The van der Waals surface area contributed by atoms with Crippen LogP contribution in [0.25, 0.3) is 0 Å². The number of rotatable bonds is 5. The fraction of sp³-hybridized carbons (Fsp3) is 0.545. The van der Waals surface area contributed by atoms with Crippen LogP contribution in [0.1, 0.15) is 76.1 Å². The zero-order chi connectivity index (χ0) is 20.6. The molecule has 1 aromatic carbocycles. The van der Waals surface area contributed by atoms with Crippen LogP contribution in [0.3, 0.4) is 0 Å². The molecule has 0 radical (unpaired) electrons. The summed E-state index contributed by atoms with van der Waals surface area (Å²) in [5.74, 6) is 1.47. The van der Waals surface area contributed by atoms with Crippen molar-refractivity contribution in [3.05, 3.63) is 35.2 Å². The first kappa shape index (κ1) is 20.2. The topological polar surface area (TPSA) is 65.4 Å². The molecular formula is C22H31N3O3. The molecular weight excluding hydrogens is 354 g/mol. The number of carbonyl (C=O) groups excluding carboxylic acids is 1. The quantitative estimate of drug-likeness (QED) is 0.808. The lowest BCUT2D eigenvalue weighted by Crippen LogP contribution is -2.26. The van der Waals surface area contributed by atoms with Gasteiger partial charge < -0.3 is 14.8 Å². The molecule has 152 valence electrons. The Morgan fingerprint density at radius 3 is 2.64 bits per heavy atom. The smallest absolute Gasteiger partial charge is 0.276 e. The lowest BCUT2D eigenvalue weighted by molar-refractivity contribution is 0.102. The summed E-state index contributed by atoms with van der Waals surface area (Å²) in [5.41, 5.74) is 2.94. The van der Waals surface area contributed by atoms with Crippen LogP contribution in [-0.4, -0.2) is 28.4 Å². The number of hydrogen-bond acceptors (Lipinski definition) is 4. The van der Waals surface area contributed by atoms with Crippen LogP contribution in [0.2, 0.25) is 0 Å². The Morgan fingerprint density at radius 1 is 1.36 bits per heavy atom. The van der Waals surface area contributed by atoms with Gasteiger partial charge in [-0.3, -0.25) is 9.48 Å². The Labute approximate surface area is 167 Å². The number of hydrogen-bond donors (Lipinski definition) is 1. The lowest BCUT2D eigenvalue weighted by atomic mass is 10.1. The van der Waals surface area contributed by atoms with Crippen molar-refractivity contribution in [2.24, 2.45) is 0 Å². The Hall–Kier alpha value is -2.50. The van der Waals surface area contributed by atoms with Gasteiger partial charge in [0.25, 0.3) is 5.91 Å². The van der Waals surface area contributed by atoms with E-state index in [1.807, 2.05) is 36.7 Å². The third-order valence-corrected chi connectivity index (χ3v) is 4.74. The van der Waals surface area contributed by atoms with Gasteiger partial charge in [0.15, 0.2) is 5.69 Å². The Kier molecular flexibility index (Phi) is 5.41. The van der Waals surface area contributed by atoms with Crippen LogP contribution >= 0.6 is 0 Å². The maximum Gasteiger partial charge on any atom is 0.276 e. The Bertz CT molecular complexity index is 878. The molecule has 2 heterocycles. The van der Waals surface area contributed by atoms with Gasteiger partial charge in [-0.15, -0.1) is 0 Å². The van der Waals surface area contributed by atoms with Crippen LogP contribution < -0.4 is 14.8 Å². The van der Waals surface area contributed by atoms with Gasteiger partial charge in [0.2, 0.25) is 0 Å². The number of nitrogens with one attached hydrogen (secondary N) is 1. The monoisotopic (exact) mass is 385 g/mol. The minimum absolute atomic E-state index is 0.131. The standard InChI is InChI=1S/C22H31N3O3/c1-8-27-20-10-15-9-14(4)28-19(15)12-16(20)23-21(26)17-11-18(13(2)3)25(24-17)22(5,6)7/h10-14H,8-9H2,1-7H3,(H,23,26). The number of aromatic nitrogens is 2. The van der Waals surface area contributed by atoms with Crippen LogP contribution in [0.15, 0.2) is 18.2 Å². The van der Waals surface area contributed by atoms with Gasteiger partial charge in [0.05, 0.1) is 17.8 Å². The highest BCUT2D eigenvalue weighted by atomic mass is 16.5. The highest BCUT2D eigenvalue weighted by molar-refractivity contribution is 6.04. The van der Waals surface area contributed by atoms with Crippen molar-refractivity contribution < 1.29 is 14.3 Å². The van der Waals surface area contributed by atoms with E-state index in [0.29, 0.717) is 23.7 Å². The summed E-state index contributed by atoms with van der Waals surface area (Å²) in [6, 6.07) is 5.69. The van der Waals surface area contributed by atoms with Crippen molar-refractivity contribution in [1.29, 1.82) is 0 Å². The van der Waals surface area contributed by atoms with E-state index in [4.69, 9.17) is 9.47 Å². The van der Waals surface area contributed by atoms with Crippen molar-refractivity contribution >= 4 is 11.6 Å². The molecule has 0 saturated carbocycles. The van der Waals surface area contributed by atoms with Crippen LogP contribution in [0.4, 0.5) is 5.69 Å². The van der Waals surface area contributed by atoms with Crippen LogP contribution in [0.5, 0.6) is 11.5 Å². The number of amides is 1. The second-order valence-electron chi connectivity index (χ2n) is 8.67. The predicted octanol–water partition coefficient (Wildman–Crippen LogP) is 4.74. The first-order valence-corrected chi connectivity index (χ1v) is 9.98. The van der Waals surface area contributed by atoms with E-state index in [-0.39, 0.29) is 23.5 Å². The largest absolute Gasteiger partial charge is 0.492 e. The number of ether oxygens (including phenoxy) is 2. The number of anilines is 1. The van der Waals surface area contributed by atoms with Gasteiger partial charge in [0.1, 0.15) is 17.6 Å². The van der Waals surface area contributed by atoms with Gasteiger partial charge in [0, 0.05) is 23.7 Å². The molecule has 28 heavy (non-hydrogen) atoms. The average Bonchev–Trinajstić information content (AvgIpc) is 3.18. The van der Waals surface area contributed by atoms with E-state index in [2.05, 4.69) is 45.0 Å². The zero-order valence-corrected chi connectivity index (χ0v) is 17.9. The first-order chi connectivity index (χ1) is 13.1. The van der Waals surface area contributed by atoms with E-state index in [9.17, 15) is 4.79 Å². The molecule has 0 bridgehead atoms. The van der Waals surface area contributed by atoms with Gasteiger partial charge in [-0.2, -0.15) is 5.10 Å². The highest BCUT2D eigenvalue weighted by Crippen LogP contribution is 2.38. The van der Waals surface area contributed by atoms with Crippen molar-refractivity contribution in [2.75, 3.05) is 11.9 Å². The fourth-order valence-electron chi connectivity index (χ4n) is 3.45. The van der Waals surface area contributed by atoms with E-state index in [1.54, 1.807) is 0 Å². The highest BCUT2D eigenvalue weighted by Gasteiger charge is 2.26. The van der Waals surface area contributed by atoms with E-state index < -0.39 is 0 Å². The first-order valence-electron chi connectivity index (χ1n) is 9.98. The van der Waals surface area contributed by atoms with Crippen molar-refractivity contribution in [1.82, 2.24) is 9.78 Å². The van der Waals surface area contributed by atoms with Gasteiger partial charge in [-0.25, -0.2) is 0 Å². The third-order valence-electron chi connectivity index (χ3n) is 4.74. The number of benzene rings is 1. The molecule has 1 N–H and O–H groups in total. The molecule has 0 fully saturated rings. The maximum atomic E-state index is 13.0. The molecule has 6 heteroatoms. The van der Waals surface area contributed by atoms with Crippen molar-refractivity contribution in [3.63, 3.8) is 0 Å². The molecule has 6 nitrogen and oxygen atoms in total. The summed E-state index contributed by atoms with van der Waals surface area (Å²) < 4.78 is 13.5. The third kappa shape index (κ3) is 4.01. The molecule has 0 saturated heterocycles. The zero-order valence-electron chi connectivity index (χ0n) is 17.9. The molecule has 1 atom stereocenters. The number of fused-ring (bicyclic) bond motifs is 1. The number of nitrogens with zero attached hydrogens (tertiary/aromatic N) is 2. The lowest BCUT2D eigenvalue weighted by Gasteiger charge is -2.23. The summed E-state index contributed by atoms with van der Waals surface area (Å²) in [6.07, 6.45) is 0.976. The minimum atomic E-state index is -0.253. The van der Waals surface area contributed by atoms with E-state index in [1.165, 1.54) is 0 Å². The Balaban J connectivity index is 1.92. The van der Waals surface area contributed by atoms with Crippen molar-refractivity contribution in [2.45, 2.75) is 72.4 Å². The summed E-state index contributed by atoms with van der Waals surface area (Å²) >= 11 is 0. The van der Waals surface area contributed by atoms with E-state index in [0.717, 1.165) is 23.4 Å².